The van der Waals surface area contributed by atoms with Crippen LogP contribution in [0.5, 0.6) is 11.5 Å². The molecule has 4 heteroatoms. The van der Waals surface area contributed by atoms with E-state index in [0.717, 1.165) is 61.8 Å². The summed E-state index contributed by atoms with van der Waals surface area (Å²) < 4.78 is 6.93. The predicted molar refractivity (Wildman–Crippen MR) is 207 cm³/mol. The monoisotopic (exact) mass is 665 g/mol. The number of rotatable bonds is 6. The lowest BCUT2D eigenvalue weighted by atomic mass is 9.63. The first-order chi connectivity index (χ1) is 25.7. The van der Waals surface area contributed by atoms with E-state index in [2.05, 4.69) is 140 Å². The summed E-state index contributed by atoms with van der Waals surface area (Å²) in [6, 6.07) is 66.6. The number of nitrogens with zero attached hydrogens (tertiary/aromatic N) is 3. The lowest BCUT2D eigenvalue weighted by Gasteiger charge is -2.42. The Balaban J connectivity index is 1.24. The van der Waals surface area contributed by atoms with Gasteiger partial charge < -0.3 is 4.74 Å². The molecule has 9 rings (SSSR count). The molecule has 52 heavy (non-hydrogen) atoms. The first kappa shape index (κ1) is 30.9. The van der Waals surface area contributed by atoms with Crippen LogP contribution >= 0.6 is 0 Å². The summed E-state index contributed by atoms with van der Waals surface area (Å²) in [7, 11) is 0. The number of aromatic nitrogens is 2. The van der Waals surface area contributed by atoms with E-state index >= 15 is 0 Å². The van der Waals surface area contributed by atoms with Crippen LogP contribution < -0.4 is 4.74 Å². The average Bonchev–Trinajstić information content (AvgIpc) is 3.23. The van der Waals surface area contributed by atoms with Crippen molar-refractivity contribution in [1.29, 1.82) is 5.26 Å². The first-order valence-corrected chi connectivity index (χ1v) is 17.3. The number of fused-ring (bicyclic) bond motifs is 2. The van der Waals surface area contributed by atoms with Gasteiger partial charge in [0.05, 0.1) is 28.4 Å². The highest BCUT2D eigenvalue weighted by Gasteiger charge is 2.45. The van der Waals surface area contributed by atoms with Gasteiger partial charge in [-0.3, -0.25) is 0 Å². The summed E-state index contributed by atoms with van der Waals surface area (Å²) >= 11 is 0. The third-order valence-corrected chi connectivity index (χ3v) is 9.87. The highest BCUT2D eigenvalue weighted by Crippen LogP contribution is 2.57. The average molecular weight is 666 g/mol. The van der Waals surface area contributed by atoms with Crippen molar-refractivity contribution in [3.05, 3.63) is 216 Å². The maximum Gasteiger partial charge on any atom is 0.160 e. The van der Waals surface area contributed by atoms with Gasteiger partial charge in [-0.1, -0.05) is 158 Å². The zero-order chi connectivity index (χ0) is 34.9. The Labute approximate surface area is 303 Å². The van der Waals surface area contributed by atoms with Crippen LogP contribution in [0.25, 0.3) is 45.0 Å². The Bertz CT molecular complexity index is 2550. The van der Waals surface area contributed by atoms with Crippen LogP contribution in [0.4, 0.5) is 0 Å². The third kappa shape index (κ3) is 5.24. The van der Waals surface area contributed by atoms with Gasteiger partial charge in [-0.05, 0) is 47.0 Å². The molecule has 0 amide bonds. The second-order valence-electron chi connectivity index (χ2n) is 12.9. The number of nitriles is 1. The maximum absolute atomic E-state index is 9.39. The summed E-state index contributed by atoms with van der Waals surface area (Å²) in [5.41, 5.74) is 10.9. The smallest absolute Gasteiger partial charge is 0.160 e. The summed E-state index contributed by atoms with van der Waals surface area (Å²) in [6.45, 7) is 0. The van der Waals surface area contributed by atoms with Crippen LogP contribution in [-0.4, -0.2) is 9.97 Å². The van der Waals surface area contributed by atoms with Crippen molar-refractivity contribution >= 4 is 0 Å². The van der Waals surface area contributed by atoms with Crippen LogP contribution in [0, 0.1) is 11.3 Å². The molecule has 0 bridgehead atoms. The lowest BCUT2D eigenvalue weighted by molar-refractivity contribution is 0.436. The summed E-state index contributed by atoms with van der Waals surface area (Å²) in [4.78, 5) is 10.2. The fourth-order valence-corrected chi connectivity index (χ4v) is 7.48. The topological polar surface area (TPSA) is 58.8 Å². The Morgan fingerprint density at radius 1 is 0.462 bits per heavy atom. The minimum atomic E-state index is -0.608. The Kier molecular flexibility index (Phi) is 7.72. The van der Waals surface area contributed by atoms with Gasteiger partial charge in [-0.2, -0.15) is 5.26 Å². The number of hydrogen-bond acceptors (Lipinski definition) is 4. The first-order valence-electron chi connectivity index (χ1n) is 17.3. The quantitative estimate of drug-likeness (QED) is 0.177. The van der Waals surface area contributed by atoms with Crippen LogP contribution in [0.15, 0.2) is 188 Å². The van der Waals surface area contributed by atoms with Crippen molar-refractivity contribution < 1.29 is 4.74 Å². The van der Waals surface area contributed by atoms with Crippen molar-refractivity contribution in [3.8, 4) is 62.6 Å². The summed E-state index contributed by atoms with van der Waals surface area (Å²) in [6.07, 6.45) is 0. The van der Waals surface area contributed by atoms with Gasteiger partial charge in [-0.15, -0.1) is 0 Å². The van der Waals surface area contributed by atoms with Gasteiger partial charge in [0.25, 0.3) is 0 Å². The Morgan fingerprint density at radius 2 is 1.00 bits per heavy atom. The maximum atomic E-state index is 9.39. The summed E-state index contributed by atoms with van der Waals surface area (Å²) in [5, 5.41) is 9.39. The molecule has 1 aliphatic rings. The van der Waals surface area contributed by atoms with Crippen LogP contribution in [-0.2, 0) is 5.41 Å². The minimum absolute atomic E-state index is 0.605. The molecule has 2 heterocycles. The van der Waals surface area contributed by atoms with Crippen molar-refractivity contribution in [1.82, 2.24) is 9.97 Å². The molecule has 8 aromatic rings. The molecule has 1 aliphatic heterocycles. The third-order valence-electron chi connectivity index (χ3n) is 9.87. The number of benzene rings is 7. The molecule has 0 saturated heterocycles. The van der Waals surface area contributed by atoms with Crippen LogP contribution in [0.3, 0.4) is 0 Å². The second kappa shape index (κ2) is 13.0. The fraction of sp³-hybridized carbons (Fsp3) is 0.0208. The second-order valence-corrected chi connectivity index (χ2v) is 12.9. The molecule has 0 unspecified atom stereocenters. The molecule has 0 N–H and O–H groups in total. The lowest BCUT2D eigenvalue weighted by Crippen LogP contribution is -2.34. The van der Waals surface area contributed by atoms with Crippen LogP contribution in [0.2, 0.25) is 0 Å². The van der Waals surface area contributed by atoms with Gasteiger partial charge >= 0.3 is 0 Å². The van der Waals surface area contributed by atoms with E-state index in [1.165, 1.54) is 11.1 Å². The summed E-state index contributed by atoms with van der Waals surface area (Å²) in [5.74, 6) is 2.27. The SMILES string of the molecule is N#Cc1ccc(-c2cc(-c3ccccc3)nc(-c3cccc(-c4cccc5c4Oc4ccccc4C5(c4ccccc4)c4ccccc4)c3)n2)cc1. The molecule has 0 radical (unpaired) electrons. The van der Waals surface area contributed by atoms with Crippen LogP contribution in [0.1, 0.15) is 27.8 Å². The normalized spacial score (nSPS) is 12.5. The predicted octanol–water partition coefficient (Wildman–Crippen LogP) is 11.5. The van der Waals surface area contributed by atoms with Gasteiger partial charge in [0, 0.05) is 33.4 Å². The van der Waals surface area contributed by atoms with E-state index in [1.54, 1.807) is 0 Å². The van der Waals surface area contributed by atoms with Gasteiger partial charge in [0.1, 0.15) is 11.5 Å². The molecule has 0 aliphatic carbocycles. The molecular formula is C48H31N3O. The highest BCUT2D eigenvalue weighted by molar-refractivity contribution is 5.82. The van der Waals surface area contributed by atoms with E-state index in [0.29, 0.717) is 11.4 Å². The van der Waals surface area contributed by atoms with Crippen molar-refractivity contribution in [3.63, 3.8) is 0 Å². The van der Waals surface area contributed by atoms with E-state index in [4.69, 9.17) is 14.7 Å². The van der Waals surface area contributed by atoms with E-state index in [1.807, 2.05) is 54.6 Å². The van der Waals surface area contributed by atoms with Gasteiger partial charge in [0.2, 0.25) is 0 Å². The molecule has 0 fully saturated rings. The van der Waals surface area contributed by atoms with Crippen molar-refractivity contribution in [2.24, 2.45) is 0 Å². The van der Waals surface area contributed by atoms with E-state index < -0.39 is 5.41 Å². The van der Waals surface area contributed by atoms with E-state index in [9.17, 15) is 5.26 Å². The number of para-hydroxylation sites is 2. The van der Waals surface area contributed by atoms with Gasteiger partial charge in [-0.25, -0.2) is 9.97 Å². The Hall–Kier alpha value is -7.09. The zero-order valence-corrected chi connectivity index (χ0v) is 28.1. The molecule has 0 saturated carbocycles. The van der Waals surface area contributed by atoms with E-state index in [-0.39, 0.29) is 0 Å². The molecular weight excluding hydrogens is 635 g/mol. The standard InChI is InChI=1S/C48H31N3O/c49-32-33-26-28-35(29-27-33)44-31-43(34-14-4-1-5-15-34)50-47(51-44)37-17-12-16-36(30-37)40-22-13-24-42-46(40)52-45-25-11-10-23-41(45)48(42,38-18-6-2-7-19-38)39-20-8-3-9-21-39/h1-31H. The fourth-order valence-electron chi connectivity index (χ4n) is 7.48. The molecule has 7 aromatic carbocycles. The zero-order valence-electron chi connectivity index (χ0n) is 28.1. The molecule has 1 aromatic heterocycles. The molecule has 0 spiro atoms. The van der Waals surface area contributed by atoms with Crippen molar-refractivity contribution in [2.75, 3.05) is 0 Å². The molecule has 0 atom stereocenters. The highest BCUT2D eigenvalue weighted by atomic mass is 16.5. The molecule has 4 nitrogen and oxygen atoms in total. The largest absolute Gasteiger partial charge is 0.456 e. The number of ether oxygens (including phenoxy) is 1. The number of hydrogen-bond donors (Lipinski definition) is 0. The van der Waals surface area contributed by atoms with Gasteiger partial charge in [0.15, 0.2) is 5.82 Å². The Morgan fingerprint density at radius 3 is 1.67 bits per heavy atom. The minimum Gasteiger partial charge on any atom is -0.456 e. The molecule has 244 valence electrons. The van der Waals surface area contributed by atoms with Crippen molar-refractivity contribution in [2.45, 2.75) is 5.41 Å².